The van der Waals surface area contributed by atoms with Gasteiger partial charge >= 0.3 is 0 Å². The van der Waals surface area contributed by atoms with Crippen molar-refractivity contribution >= 4 is 5.91 Å². The second-order valence-corrected chi connectivity index (χ2v) is 4.09. The van der Waals surface area contributed by atoms with Crippen LogP contribution in [0.4, 0.5) is 0 Å². The van der Waals surface area contributed by atoms with Crippen LogP contribution < -0.4 is 0 Å². The summed E-state index contributed by atoms with van der Waals surface area (Å²) in [4.78, 5) is 17.8. The number of pyridine rings is 1. The van der Waals surface area contributed by atoms with Crippen LogP contribution in [0.3, 0.4) is 0 Å². The molecule has 0 radical (unpaired) electrons. The molecule has 2 heterocycles. The second kappa shape index (κ2) is 4.01. The van der Waals surface area contributed by atoms with Crippen molar-refractivity contribution in [2.75, 3.05) is 7.05 Å². The van der Waals surface area contributed by atoms with Gasteiger partial charge in [0.05, 0.1) is 6.04 Å². The highest BCUT2D eigenvalue weighted by Gasteiger charge is 2.36. The summed E-state index contributed by atoms with van der Waals surface area (Å²) in [5, 5.41) is 0. The minimum Gasteiger partial charge on any atom is -0.338 e. The van der Waals surface area contributed by atoms with Gasteiger partial charge in [0.2, 0.25) is 5.91 Å². The van der Waals surface area contributed by atoms with Crippen LogP contribution in [0.2, 0.25) is 0 Å². The molecule has 0 aromatic carbocycles. The Labute approximate surface area is 90.1 Å². The van der Waals surface area contributed by atoms with Gasteiger partial charge in [-0.2, -0.15) is 0 Å². The van der Waals surface area contributed by atoms with E-state index in [1.807, 2.05) is 30.3 Å². The summed E-state index contributed by atoms with van der Waals surface area (Å²) in [7, 11) is 1.88. The lowest BCUT2D eigenvalue weighted by molar-refractivity contribution is -0.130. The van der Waals surface area contributed by atoms with Gasteiger partial charge in [0, 0.05) is 25.4 Å². The highest BCUT2D eigenvalue weighted by molar-refractivity contribution is 5.81. The van der Waals surface area contributed by atoms with Crippen molar-refractivity contribution in [1.29, 1.82) is 0 Å². The van der Waals surface area contributed by atoms with Crippen LogP contribution in [0.5, 0.6) is 0 Å². The third-order valence-electron chi connectivity index (χ3n) is 3.23. The predicted octanol–water partition coefficient (Wildman–Crippen LogP) is 2.01. The van der Waals surface area contributed by atoms with Gasteiger partial charge in [-0.1, -0.05) is 13.0 Å². The molecular formula is C12H16N2O. The first-order chi connectivity index (χ1) is 7.24. The zero-order valence-corrected chi connectivity index (χ0v) is 9.18. The third-order valence-corrected chi connectivity index (χ3v) is 3.23. The van der Waals surface area contributed by atoms with E-state index in [0.717, 1.165) is 18.4 Å². The monoisotopic (exact) mass is 204 g/mol. The first-order valence-electron chi connectivity index (χ1n) is 5.40. The Kier molecular flexibility index (Phi) is 2.71. The van der Waals surface area contributed by atoms with Crippen molar-refractivity contribution in [1.82, 2.24) is 9.88 Å². The highest BCUT2D eigenvalue weighted by Crippen LogP contribution is 2.35. The number of carbonyl (C=O) groups is 1. The summed E-state index contributed by atoms with van der Waals surface area (Å²) < 4.78 is 0. The van der Waals surface area contributed by atoms with E-state index < -0.39 is 0 Å². The summed E-state index contributed by atoms with van der Waals surface area (Å²) in [5.41, 5.74) is 1.14. The van der Waals surface area contributed by atoms with Crippen molar-refractivity contribution in [2.24, 2.45) is 5.92 Å². The molecule has 0 bridgehead atoms. The maximum absolute atomic E-state index is 11.8. The van der Waals surface area contributed by atoms with Crippen LogP contribution in [0, 0.1) is 5.92 Å². The van der Waals surface area contributed by atoms with Crippen LogP contribution in [0.1, 0.15) is 31.4 Å². The molecule has 15 heavy (non-hydrogen) atoms. The van der Waals surface area contributed by atoms with Crippen molar-refractivity contribution < 1.29 is 4.79 Å². The van der Waals surface area contributed by atoms with E-state index in [9.17, 15) is 4.79 Å². The maximum Gasteiger partial charge on any atom is 0.226 e. The fraction of sp³-hybridized carbons (Fsp3) is 0.500. The number of aromatic nitrogens is 1. The minimum absolute atomic E-state index is 0.195. The highest BCUT2D eigenvalue weighted by atomic mass is 16.2. The zero-order chi connectivity index (χ0) is 10.8. The molecule has 1 aliphatic rings. The molecule has 1 unspecified atom stereocenters. The van der Waals surface area contributed by atoms with Crippen LogP contribution in [-0.4, -0.2) is 22.8 Å². The lowest BCUT2D eigenvalue weighted by atomic mass is 9.99. The Hall–Kier alpha value is -1.38. The molecule has 1 aromatic rings. The fourth-order valence-corrected chi connectivity index (χ4v) is 2.24. The molecule has 2 atom stereocenters. The smallest absolute Gasteiger partial charge is 0.226 e. The van der Waals surface area contributed by atoms with Gasteiger partial charge in [-0.25, -0.2) is 0 Å². The lowest BCUT2D eigenvalue weighted by Crippen LogP contribution is -2.24. The number of likely N-dealkylation sites (tertiary alicyclic amines) is 1. The zero-order valence-electron chi connectivity index (χ0n) is 9.18. The van der Waals surface area contributed by atoms with Crippen molar-refractivity contribution in [2.45, 2.75) is 25.8 Å². The van der Waals surface area contributed by atoms with Crippen molar-refractivity contribution in [3.63, 3.8) is 0 Å². The molecule has 3 nitrogen and oxygen atoms in total. The molecule has 2 rings (SSSR count). The van der Waals surface area contributed by atoms with Crippen LogP contribution in [-0.2, 0) is 4.79 Å². The molecule has 0 spiro atoms. The minimum atomic E-state index is 0.195. The molecule has 1 amide bonds. The standard InChI is InChI=1S/C12H16N2O/c1-3-9-7-11(14(2)12(9)15)10-5-4-6-13-8-10/h4-6,8-9,11H,3,7H2,1-2H3/t9?,11-/m0/s1. The van der Waals surface area contributed by atoms with Gasteiger partial charge in [-0.05, 0) is 24.5 Å². The molecule has 0 aliphatic carbocycles. The fourth-order valence-electron chi connectivity index (χ4n) is 2.24. The number of hydrogen-bond donors (Lipinski definition) is 0. The third kappa shape index (κ3) is 1.74. The quantitative estimate of drug-likeness (QED) is 0.738. The molecule has 0 saturated carbocycles. The molecule has 1 fully saturated rings. The SMILES string of the molecule is CCC1C[C@@H](c2cccnc2)N(C)C1=O. The van der Waals surface area contributed by atoms with Gasteiger partial charge in [0.1, 0.15) is 0 Å². The normalized spacial score (nSPS) is 26.0. The average molecular weight is 204 g/mol. The molecular weight excluding hydrogens is 188 g/mol. The summed E-state index contributed by atoms with van der Waals surface area (Å²) >= 11 is 0. The Balaban J connectivity index is 2.22. The first kappa shape index (κ1) is 10.1. The molecule has 1 aromatic heterocycles. The van der Waals surface area contributed by atoms with Gasteiger partial charge in [-0.3, -0.25) is 9.78 Å². The van der Waals surface area contributed by atoms with E-state index in [2.05, 4.69) is 11.9 Å². The van der Waals surface area contributed by atoms with Gasteiger partial charge in [0.15, 0.2) is 0 Å². The van der Waals surface area contributed by atoms with E-state index >= 15 is 0 Å². The van der Waals surface area contributed by atoms with E-state index in [1.165, 1.54) is 0 Å². The summed E-state index contributed by atoms with van der Waals surface area (Å²) in [6.45, 7) is 2.07. The van der Waals surface area contributed by atoms with E-state index in [-0.39, 0.29) is 17.9 Å². The van der Waals surface area contributed by atoms with Crippen molar-refractivity contribution in [3.8, 4) is 0 Å². The molecule has 3 heteroatoms. The topological polar surface area (TPSA) is 33.2 Å². The number of hydrogen-bond acceptors (Lipinski definition) is 2. The van der Waals surface area contributed by atoms with E-state index in [1.54, 1.807) is 6.20 Å². The largest absolute Gasteiger partial charge is 0.338 e. The van der Waals surface area contributed by atoms with Crippen LogP contribution in [0.15, 0.2) is 24.5 Å². The number of rotatable bonds is 2. The average Bonchev–Trinajstić information content (AvgIpc) is 2.57. The Morgan fingerprint density at radius 2 is 2.40 bits per heavy atom. The summed E-state index contributed by atoms with van der Waals surface area (Å²) in [6, 6.07) is 4.18. The molecule has 0 N–H and O–H groups in total. The predicted molar refractivity (Wildman–Crippen MR) is 58.1 cm³/mol. The van der Waals surface area contributed by atoms with Crippen LogP contribution >= 0.6 is 0 Å². The van der Waals surface area contributed by atoms with Crippen molar-refractivity contribution in [3.05, 3.63) is 30.1 Å². The Morgan fingerprint density at radius 1 is 1.60 bits per heavy atom. The van der Waals surface area contributed by atoms with E-state index in [4.69, 9.17) is 0 Å². The molecule has 80 valence electrons. The van der Waals surface area contributed by atoms with E-state index in [0.29, 0.717) is 0 Å². The molecule has 1 saturated heterocycles. The second-order valence-electron chi connectivity index (χ2n) is 4.09. The van der Waals surface area contributed by atoms with Crippen LogP contribution in [0.25, 0.3) is 0 Å². The van der Waals surface area contributed by atoms with Gasteiger partial charge in [-0.15, -0.1) is 0 Å². The first-order valence-corrected chi connectivity index (χ1v) is 5.40. The van der Waals surface area contributed by atoms with Gasteiger partial charge in [0.25, 0.3) is 0 Å². The maximum atomic E-state index is 11.8. The summed E-state index contributed by atoms with van der Waals surface area (Å²) in [5.74, 6) is 0.464. The molecule has 1 aliphatic heterocycles. The Morgan fingerprint density at radius 3 is 2.93 bits per heavy atom. The lowest BCUT2D eigenvalue weighted by Gasteiger charge is -2.19. The number of nitrogens with zero attached hydrogens (tertiary/aromatic N) is 2. The van der Waals surface area contributed by atoms with Gasteiger partial charge < -0.3 is 4.90 Å². The summed E-state index contributed by atoms with van der Waals surface area (Å²) in [6.07, 6.45) is 5.47. The number of amides is 1. The Bertz CT molecular complexity index is 350. The number of carbonyl (C=O) groups excluding carboxylic acids is 1.